The van der Waals surface area contributed by atoms with Crippen molar-refractivity contribution < 1.29 is 9.53 Å². The molecule has 1 fully saturated rings. The molecule has 0 aliphatic carbocycles. The number of carbonyl (C=O) groups excluding carboxylic acids is 1. The first kappa shape index (κ1) is 17.2. The molecular formula is C14H30N2O2. The van der Waals surface area contributed by atoms with Gasteiger partial charge in [0.2, 0.25) is 0 Å². The Morgan fingerprint density at radius 3 is 2.22 bits per heavy atom. The maximum Gasteiger partial charge on any atom is 0.407 e. The van der Waals surface area contributed by atoms with Gasteiger partial charge in [-0.3, -0.25) is 0 Å². The SMILES string of the molecule is CC.CN1CCC(CNC(=O)OC(C)(C)C)CC1. The van der Waals surface area contributed by atoms with E-state index in [4.69, 9.17) is 4.74 Å². The van der Waals surface area contributed by atoms with Crippen LogP contribution in [0.3, 0.4) is 0 Å². The zero-order valence-electron chi connectivity index (χ0n) is 12.9. The van der Waals surface area contributed by atoms with Crippen molar-refractivity contribution in [1.82, 2.24) is 10.2 Å². The molecule has 0 radical (unpaired) electrons. The number of carbonyl (C=O) groups is 1. The quantitative estimate of drug-likeness (QED) is 0.828. The maximum absolute atomic E-state index is 11.4. The van der Waals surface area contributed by atoms with Gasteiger partial charge in [-0.1, -0.05) is 13.8 Å². The number of nitrogens with one attached hydrogen (secondary N) is 1. The highest BCUT2D eigenvalue weighted by molar-refractivity contribution is 5.67. The van der Waals surface area contributed by atoms with E-state index in [1.807, 2.05) is 34.6 Å². The molecule has 0 bridgehead atoms. The lowest BCUT2D eigenvalue weighted by atomic mass is 9.97. The summed E-state index contributed by atoms with van der Waals surface area (Å²) in [7, 11) is 2.14. The van der Waals surface area contributed by atoms with Crippen LogP contribution in [0.4, 0.5) is 4.79 Å². The number of nitrogens with zero attached hydrogens (tertiary/aromatic N) is 1. The van der Waals surface area contributed by atoms with Crippen molar-refractivity contribution in [3.05, 3.63) is 0 Å². The first-order chi connectivity index (χ1) is 8.37. The molecule has 4 heteroatoms. The van der Waals surface area contributed by atoms with Gasteiger partial charge in [-0.2, -0.15) is 0 Å². The van der Waals surface area contributed by atoms with Crippen LogP contribution in [0, 0.1) is 5.92 Å². The van der Waals surface area contributed by atoms with E-state index in [0.29, 0.717) is 5.92 Å². The average molecular weight is 258 g/mol. The fourth-order valence-electron chi connectivity index (χ4n) is 1.81. The van der Waals surface area contributed by atoms with Crippen LogP contribution in [0.5, 0.6) is 0 Å². The molecule has 0 atom stereocenters. The Hall–Kier alpha value is -0.770. The van der Waals surface area contributed by atoms with Crippen LogP contribution in [-0.4, -0.2) is 43.3 Å². The summed E-state index contributed by atoms with van der Waals surface area (Å²) in [6.45, 7) is 12.6. The van der Waals surface area contributed by atoms with Crippen LogP contribution in [-0.2, 0) is 4.74 Å². The van der Waals surface area contributed by atoms with E-state index < -0.39 is 5.60 Å². The Balaban J connectivity index is 0.00000137. The van der Waals surface area contributed by atoms with Crippen molar-refractivity contribution in [1.29, 1.82) is 0 Å². The molecule has 0 unspecified atom stereocenters. The molecule has 0 saturated carbocycles. The molecule has 1 heterocycles. The molecule has 0 aromatic rings. The van der Waals surface area contributed by atoms with Gasteiger partial charge < -0.3 is 15.0 Å². The predicted octanol–water partition coefficient (Wildman–Crippen LogP) is 2.88. The standard InChI is InChI=1S/C12H24N2O2.C2H6/c1-12(2,3)16-11(15)13-9-10-5-7-14(4)8-6-10;1-2/h10H,5-9H2,1-4H3,(H,13,15);1-2H3. The van der Waals surface area contributed by atoms with E-state index >= 15 is 0 Å². The average Bonchev–Trinajstić information content (AvgIpc) is 2.29. The maximum atomic E-state index is 11.4. The Bertz CT molecular complexity index is 228. The zero-order chi connectivity index (χ0) is 14.2. The molecule has 1 aliphatic heterocycles. The van der Waals surface area contributed by atoms with E-state index in [-0.39, 0.29) is 6.09 Å². The molecular weight excluding hydrogens is 228 g/mol. The van der Waals surface area contributed by atoms with Gasteiger partial charge in [0.25, 0.3) is 0 Å². The summed E-state index contributed by atoms with van der Waals surface area (Å²) in [4.78, 5) is 13.7. The summed E-state index contributed by atoms with van der Waals surface area (Å²) in [6.07, 6.45) is 2.02. The minimum atomic E-state index is -0.406. The third-order valence-corrected chi connectivity index (χ3v) is 2.77. The van der Waals surface area contributed by atoms with Gasteiger partial charge in [-0.05, 0) is 59.7 Å². The lowest BCUT2D eigenvalue weighted by Gasteiger charge is -2.29. The molecule has 1 rings (SSSR count). The first-order valence-corrected chi connectivity index (χ1v) is 7.02. The molecule has 4 nitrogen and oxygen atoms in total. The topological polar surface area (TPSA) is 41.6 Å². The normalized spacial score (nSPS) is 17.7. The lowest BCUT2D eigenvalue weighted by molar-refractivity contribution is 0.0511. The first-order valence-electron chi connectivity index (χ1n) is 7.02. The van der Waals surface area contributed by atoms with Gasteiger partial charge in [0.05, 0.1) is 0 Å². The molecule has 108 valence electrons. The van der Waals surface area contributed by atoms with Crippen molar-refractivity contribution in [3.63, 3.8) is 0 Å². The van der Waals surface area contributed by atoms with Gasteiger partial charge in [0.1, 0.15) is 5.60 Å². The number of amides is 1. The summed E-state index contributed by atoms with van der Waals surface area (Å²) in [6, 6.07) is 0. The van der Waals surface area contributed by atoms with Crippen LogP contribution in [0.1, 0.15) is 47.5 Å². The lowest BCUT2D eigenvalue weighted by Crippen LogP contribution is -2.39. The molecule has 0 spiro atoms. The Kier molecular flexibility index (Phi) is 8.00. The zero-order valence-corrected chi connectivity index (χ0v) is 12.9. The van der Waals surface area contributed by atoms with E-state index in [1.54, 1.807) is 0 Å². The highest BCUT2D eigenvalue weighted by atomic mass is 16.6. The van der Waals surface area contributed by atoms with Crippen LogP contribution < -0.4 is 5.32 Å². The molecule has 1 N–H and O–H groups in total. The highest BCUT2D eigenvalue weighted by Crippen LogP contribution is 2.15. The highest BCUT2D eigenvalue weighted by Gasteiger charge is 2.19. The number of hydrogen-bond acceptors (Lipinski definition) is 3. The van der Waals surface area contributed by atoms with Crippen molar-refractivity contribution in [2.75, 3.05) is 26.7 Å². The molecule has 0 aromatic carbocycles. The van der Waals surface area contributed by atoms with Gasteiger partial charge >= 0.3 is 6.09 Å². The van der Waals surface area contributed by atoms with Crippen LogP contribution in [0.15, 0.2) is 0 Å². The molecule has 18 heavy (non-hydrogen) atoms. The van der Waals surface area contributed by atoms with Crippen LogP contribution in [0.2, 0.25) is 0 Å². The summed E-state index contributed by atoms with van der Waals surface area (Å²) in [5, 5.41) is 2.84. The Morgan fingerprint density at radius 1 is 1.28 bits per heavy atom. The molecule has 1 amide bonds. The van der Waals surface area contributed by atoms with E-state index in [2.05, 4.69) is 17.3 Å². The number of hydrogen-bond donors (Lipinski definition) is 1. The van der Waals surface area contributed by atoms with Crippen LogP contribution in [0.25, 0.3) is 0 Å². The number of likely N-dealkylation sites (tertiary alicyclic amines) is 1. The summed E-state index contributed by atoms with van der Waals surface area (Å²) in [5.74, 6) is 0.601. The fourth-order valence-corrected chi connectivity index (χ4v) is 1.81. The third-order valence-electron chi connectivity index (χ3n) is 2.77. The van der Waals surface area contributed by atoms with Crippen molar-refractivity contribution in [2.24, 2.45) is 5.92 Å². The van der Waals surface area contributed by atoms with Crippen molar-refractivity contribution in [2.45, 2.75) is 53.1 Å². The second-order valence-electron chi connectivity index (χ2n) is 5.63. The smallest absolute Gasteiger partial charge is 0.407 e. The minimum Gasteiger partial charge on any atom is -0.444 e. The van der Waals surface area contributed by atoms with Gasteiger partial charge in [-0.15, -0.1) is 0 Å². The monoisotopic (exact) mass is 258 g/mol. The molecule has 1 aliphatic rings. The molecule has 1 saturated heterocycles. The Labute approximate surface area is 112 Å². The summed E-state index contributed by atoms with van der Waals surface area (Å²) >= 11 is 0. The van der Waals surface area contributed by atoms with E-state index in [0.717, 1.165) is 32.5 Å². The number of ether oxygens (including phenoxy) is 1. The number of rotatable bonds is 2. The second-order valence-corrected chi connectivity index (χ2v) is 5.63. The predicted molar refractivity (Wildman–Crippen MR) is 75.8 cm³/mol. The summed E-state index contributed by atoms with van der Waals surface area (Å²) < 4.78 is 5.19. The van der Waals surface area contributed by atoms with E-state index in [1.165, 1.54) is 0 Å². The summed E-state index contributed by atoms with van der Waals surface area (Å²) in [5.41, 5.74) is -0.406. The third kappa shape index (κ3) is 8.34. The fraction of sp³-hybridized carbons (Fsp3) is 0.929. The minimum absolute atomic E-state index is 0.300. The van der Waals surface area contributed by atoms with Crippen LogP contribution >= 0.6 is 0 Å². The second kappa shape index (κ2) is 8.35. The van der Waals surface area contributed by atoms with Gasteiger partial charge in [-0.25, -0.2) is 4.79 Å². The largest absolute Gasteiger partial charge is 0.444 e. The van der Waals surface area contributed by atoms with Crippen molar-refractivity contribution >= 4 is 6.09 Å². The Morgan fingerprint density at radius 2 is 1.78 bits per heavy atom. The van der Waals surface area contributed by atoms with Crippen molar-refractivity contribution in [3.8, 4) is 0 Å². The molecule has 0 aromatic heterocycles. The van der Waals surface area contributed by atoms with Gasteiger partial charge in [0, 0.05) is 6.54 Å². The van der Waals surface area contributed by atoms with Gasteiger partial charge in [0.15, 0.2) is 0 Å². The number of alkyl carbamates (subject to hydrolysis) is 1. The number of piperidine rings is 1. The van der Waals surface area contributed by atoms with E-state index in [9.17, 15) is 4.79 Å².